The number of nitrogens with one attached hydrogen (secondary N) is 1. The summed E-state index contributed by atoms with van der Waals surface area (Å²) in [6.07, 6.45) is 6.87. The van der Waals surface area contributed by atoms with Crippen molar-refractivity contribution in [1.29, 1.82) is 0 Å². The standard InChI is InChI=1S/C25H30N6O4/c26-22(32)16-34-20-14-27-25(28-15-20)29-18-5-7-19(8-6-18)35-24-21-4-2-1-3-17(21)13-23(30-24)31-9-11-33-12-10-31/h1-4,13-15,18-19H,5-12,16H2,(H2,26,32)(H,27,28,29)/t18-,19+. The average molecular weight is 479 g/mol. The minimum Gasteiger partial charge on any atom is -0.481 e. The third-order valence-electron chi connectivity index (χ3n) is 6.32. The Labute approximate surface area is 203 Å². The number of anilines is 2. The van der Waals surface area contributed by atoms with E-state index < -0.39 is 5.91 Å². The molecule has 1 saturated carbocycles. The molecule has 2 aromatic heterocycles. The van der Waals surface area contributed by atoms with E-state index in [0.29, 0.717) is 30.8 Å². The van der Waals surface area contributed by atoms with Crippen LogP contribution in [0.1, 0.15) is 25.7 Å². The molecular formula is C25H30N6O4. The highest BCUT2D eigenvalue weighted by molar-refractivity contribution is 5.89. The SMILES string of the molecule is NC(=O)COc1cnc(N[C@H]2CC[C@@H](Oc3nc(N4CCOCC4)cc4ccccc34)CC2)nc1. The van der Waals surface area contributed by atoms with Crippen molar-refractivity contribution in [3.05, 3.63) is 42.7 Å². The van der Waals surface area contributed by atoms with E-state index in [1.807, 2.05) is 12.1 Å². The van der Waals surface area contributed by atoms with Gasteiger partial charge in [0.15, 0.2) is 12.4 Å². The van der Waals surface area contributed by atoms with Crippen LogP contribution in [0.3, 0.4) is 0 Å². The normalized spacial score (nSPS) is 20.4. The molecule has 1 amide bonds. The van der Waals surface area contributed by atoms with Gasteiger partial charge < -0.3 is 30.2 Å². The molecule has 5 rings (SSSR count). The maximum absolute atomic E-state index is 10.8. The van der Waals surface area contributed by atoms with Crippen LogP contribution in [-0.2, 0) is 9.53 Å². The predicted octanol–water partition coefficient (Wildman–Crippen LogP) is 2.53. The minimum absolute atomic E-state index is 0.106. The first-order chi connectivity index (χ1) is 17.1. The number of amides is 1. The number of nitrogens with zero attached hydrogens (tertiary/aromatic N) is 4. The van der Waals surface area contributed by atoms with Crippen LogP contribution in [0.15, 0.2) is 42.7 Å². The molecule has 10 nitrogen and oxygen atoms in total. The Hall–Kier alpha value is -3.66. The number of hydrogen-bond acceptors (Lipinski definition) is 9. The maximum Gasteiger partial charge on any atom is 0.255 e. The van der Waals surface area contributed by atoms with E-state index in [-0.39, 0.29) is 18.8 Å². The van der Waals surface area contributed by atoms with Crippen LogP contribution in [-0.4, -0.2) is 65.9 Å². The van der Waals surface area contributed by atoms with Gasteiger partial charge in [-0.15, -0.1) is 0 Å². The van der Waals surface area contributed by atoms with Crippen molar-refractivity contribution in [3.8, 4) is 11.6 Å². The number of morpholine rings is 1. The fraction of sp³-hybridized carbons (Fsp3) is 0.440. The second-order valence-corrected chi connectivity index (χ2v) is 8.84. The molecule has 0 bridgehead atoms. The van der Waals surface area contributed by atoms with Crippen molar-refractivity contribution in [2.24, 2.45) is 5.73 Å². The molecule has 0 spiro atoms. The summed E-state index contributed by atoms with van der Waals surface area (Å²) in [5, 5.41) is 5.55. The molecule has 184 valence electrons. The van der Waals surface area contributed by atoms with Crippen molar-refractivity contribution in [2.45, 2.75) is 37.8 Å². The highest BCUT2D eigenvalue weighted by Gasteiger charge is 2.25. The van der Waals surface area contributed by atoms with Gasteiger partial charge in [-0.3, -0.25) is 4.79 Å². The molecule has 3 heterocycles. The van der Waals surface area contributed by atoms with Crippen molar-refractivity contribution in [2.75, 3.05) is 43.1 Å². The van der Waals surface area contributed by atoms with Crippen LogP contribution < -0.4 is 25.4 Å². The van der Waals surface area contributed by atoms with Gasteiger partial charge in [-0.2, -0.15) is 4.98 Å². The van der Waals surface area contributed by atoms with Crippen molar-refractivity contribution in [3.63, 3.8) is 0 Å². The zero-order valence-corrected chi connectivity index (χ0v) is 19.6. The minimum atomic E-state index is -0.540. The number of nitrogens with two attached hydrogens (primary N) is 1. The first-order valence-electron chi connectivity index (χ1n) is 12.0. The largest absolute Gasteiger partial charge is 0.481 e. The van der Waals surface area contributed by atoms with Crippen molar-refractivity contribution >= 4 is 28.4 Å². The summed E-state index contributed by atoms with van der Waals surface area (Å²) in [5.41, 5.74) is 5.08. The van der Waals surface area contributed by atoms with Crippen LogP contribution >= 0.6 is 0 Å². The molecule has 3 N–H and O–H groups in total. The molecule has 2 fully saturated rings. The highest BCUT2D eigenvalue weighted by atomic mass is 16.5. The Morgan fingerprint density at radius 2 is 1.86 bits per heavy atom. The summed E-state index contributed by atoms with van der Waals surface area (Å²) in [6.45, 7) is 2.91. The van der Waals surface area contributed by atoms with E-state index in [9.17, 15) is 4.79 Å². The highest BCUT2D eigenvalue weighted by Crippen LogP contribution is 2.32. The molecule has 1 saturated heterocycles. The molecule has 10 heteroatoms. The van der Waals surface area contributed by atoms with Crippen LogP contribution in [0.4, 0.5) is 11.8 Å². The fourth-order valence-corrected chi connectivity index (χ4v) is 4.48. The first-order valence-corrected chi connectivity index (χ1v) is 12.0. The molecule has 0 atom stereocenters. The topological polar surface area (TPSA) is 125 Å². The predicted molar refractivity (Wildman–Crippen MR) is 132 cm³/mol. The number of pyridine rings is 1. The smallest absolute Gasteiger partial charge is 0.255 e. The second kappa shape index (κ2) is 10.7. The van der Waals surface area contributed by atoms with Crippen molar-refractivity contribution < 1.29 is 19.0 Å². The number of carbonyl (C=O) groups is 1. The number of hydrogen-bond donors (Lipinski definition) is 2. The van der Waals surface area contributed by atoms with Gasteiger partial charge in [0.25, 0.3) is 5.91 Å². The quantitative estimate of drug-likeness (QED) is 0.502. The fourth-order valence-electron chi connectivity index (χ4n) is 4.48. The van der Waals surface area contributed by atoms with E-state index in [2.05, 4.69) is 38.4 Å². The number of carbonyl (C=O) groups excluding carboxylic acids is 1. The number of aromatic nitrogens is 3. The Morgan fingerprint density at radius 3 is 2.60 bits per heavy atom. The molecule has 3 aromatic rings. The molecule has 1 aliphatic heterocycles. The Morgan fingerprint density at radius 1 is 1.11 bits per heavy atom. The van der Waals surface area contributed by atoms with Gasteiger partial charge in [-0.05, 0) is 43.2 Å². The van der Waals surface area contributed by atoms with Gasteiger partial charge in [-0.1, -0.05) is 18.2 Å². The molecule has 1 aliphatic carbocycles. The molecule has 2 aliphatic rings. The number of benzene rings is 1. The van der Waals surface area contributed by atoms with E-state index in [1.165, 1.54) is 12.4 Å². The third-order valence-corrected chi connectivity index (χ3v) is 6.32. The third kappa shape index (κ3) is 5.89. The van der Waals surface area contributed by atoms with Gasteiger partial charge in [0.05, 0.1) is 25.6 Å². The number of primary amides is 1. The Kier molecular flexibility index (Phi) is 7.08. The van der Waals surface area contributed by atoms with Gasteiger partial charge >= 0.3 is 0 Å². The number of ether oxygens (including phenoxy) is 3. The number of fused-ring (bicyclic) bond motifs is 1. The second-order valence-electron chi connectivity index (χ2n) is 8.84. The van der Waals surface area contributed by atoms with Gasteiger partial charge in [-0.25, -0.2) is 9.97 Å². The maximum atomic E-state index is 10.8. The summed E-state index contributed by atoms with van der Waals surface area (Å²) < 4.78 is 17.2. The van der Waals surface area contributed by atoms with E-state index >= 15 is 0 Å². The Balaban J connectivity index is 1.19. The summed E-state index contributed by atoms with van der Waals surface area (Å²) in [4.78, 5) is 26.5. The van der Waals surface area contributed by atoms with E-state index in [0.717, 1.165) is 55.4 Å². The molecule has 35 heavy (non-hydrogen) atoms. The van der Waals surface area contributed by atoms with Gasteiger partial charge in [0.2, 0.25) is 11.8 Å². The lowest BCUT2D eigenvalue weighted by molar-refractivity contribution is -0.119. The average Bonchev–Trinajstić information content (AvgIpc) is 2.90. The van der Waals surface area contributed by atoms with Crippen LogP contribution in [0.2, 0.25) is 0 Å². The van der Waals surface area contributed by atoms with Gasteiger partial charge in [0.1, 0.15) is 11.9 Å². The van der Waals surface area contributed by atoms with Gasteiger partial charge in [0, 0.05) is 24.5 Å². The zero-order chi connectivity index (χ0) is 24.0. The molecule has 0 radical (unpaired) electrons. The first kappa shape index (κ1) is 23.1. The lowest BCUT2D eigenvalue weighted by Gasteiger charge is -2.31. The van der Waals surface area contributed by atoms with Crippen LogP contribution in [0.25, 0.3) is 10.8 Å². The van der Waals surface area contributed by atoms with Crippen LogP contribution in [0, 0.1) is 0 Å². The zero-order valence-electron chi connectivity index (χ0n) is 19.6. The van der Waals surface area contributed by atoms with E-state index in [4.69, 9.17) is 24.9 Å². The van der Waals surface area contributed by atoms with E-state index in [1.54, 1.807) is 0 Å². The number of rotatable bonds is 8. The lowest BCUT2D eigenvalue weighted by Crippen LogP contribution is -2.37. The summed E-state index contributed by atoms with van der Waals surface area (Å²) in [5.74, 6) is 2.05. The molecular weight excluding hydrogens is 448 g/mol. The molecule has 0 unspecified atom stereocenters. The Bertz CT molecular complexity index is 1140. The summed E-state index contributed by atoms with van der Waals surface area (Å²) in [7, 11) is 0. The summed E-state index contributed by atoms with van der Waals surface area (Å²) >= 11 is 0. The van der Waals surface area contributed by atoms with Crippen LogP contribution in [0.5, 0.6) is 11.6 Å². The monoisotopic (exact) mass is 478 g/mol. The summed E-state index contributed by atoms with van der Waals surface area (Å²) in [6, 6.07) is 10.7. The molecule has 1 aromatic carbocycles. The lowest BCUT2D eigenvalue weighted by atomic mass is 9.93. The van der Waals surface area contributed by atoms with Crippen molar-refractivity contribution in [1.82, 2.24) is 15.0 Å².